The highest BCUT2D eigenvalue weighted by Gasteiger charge is 2.29. The lowest BCUT2D eigenvalue weighted by Gasteiger charge is -2.20. The van der Waals surface area contributed by atoms with Crippen molar-refractivity contribution in [1.29, 1.82) is 0 Å². The first-order chi connectivity index (χ1) is 11.2. The lowest BCUT2D eigenvalue weighted by molar-refractivity contribution is -0.165. The highest BCUT2D eigenvalue weighted by molar-refractivity contribution is 7.49. The van der Waals surface area contributed by atoms with Gasteiger partial charge in [0.2, 0.25) is 0 Å². The molecule has 0 bridgehead atoms. The van der Waals surface area contributed by atoms with E-state index < -0.39 is 8.00 Å². The van der Waals surface area contributed by atoms with Crippen molar-refractivity contribution in [1.82, 2.24) is 0 Å². The highest BCUT2D eigenvalue weighted by atomic mass is 31.1. The first-order valence-electron chi connectivity index (χ1n) is 7.45. The Morgan fingerprint density at radius 1 is 0.957 bits per heavy atom. The van der Waals surface area contributed by atoms with Crippen LogP contribution in [0, 0.1) is 0 Å². The topological polar surface area (TPSA) is 72.8 Å². The number of para-hydroxylation sites is 3. The number of rotatable bonds is 0. The summed E-state index contributed by atoms with van der Waals surface area (Å²) in [4.78, 5) is 11.8. The quantitative estimate of drug-likeness (QED) is 0.572. The van der Waals surface area contributed by atoms with Crippen molar-refractivity contribution < 1.29 is 19.6 Å². The van der Waals surface area contributed by atoms with Gasteiger partial charge in [-0.25, -0.2) is 0 Å². The van der Waals surface area contributed by atoms with Gasteiger partial charge in [0.1, 0.15) is 0 Å². The van der Waals surface area contributed by atoms with Crippen molar-refractivity contribution >= 4 is 18.9 Å². The van der Waals surface area contributed by atoms with Crippen LogP contribution in [0.15, 0.2) is 54.6 Å². The lowest BCUT2D eigenvalue weighted by atomic mass is 9.93. The molecule has 2 aromatic carbocycles. The van der Waals surface area contributed by atoms with Crippen molar-refractivity contribution in [2.45, 2.75) is 19.3 Å². The minimum Gasteiger partial charge on any atom is -0.595 e. The monoisotopic (exact) mass is 328 g/mol. The Morgan fingerprint density at radius 2 is 1.61 bits per heavy atom. The average molecular weight is 328 g/mol. The summed E-state index contributed by atoms with van der Waals surface area (Å²) in [6.45, 7) is 0. The van der Waals surface area contributed by atoms with Crippen LogP contribution >= 0.6 is 8.00 Å². The number of benzene rings is 2. The molecule has 1 aliphatic carbocycles. The van der Waals surface area contributed by atoms with Crippen molar-refractivity contribution in [2.24, 2.45) is 0 Å². The number of hydrogen-bond donors (Lipinski definition) is 2. The highest BCUT2D eigenvalue weighted by Crippen LogP contribution is 2.42. The molecule has 0 aromatic heterocycles. The molecule has 2 aromatic rings. The van der Waals surface area contributed by atoms with Gasteiger partial charge in [-0.3, -0.25) is 4.52 Å². The maximum absolute atomic E-state index is 11.8. The Kier molecular flexibility index (Phi) is 4.65. The maximum atomic E-state index is 11.8. The van der Waals surface area contributed by atoms with E-state index >= 15 is 0 Å². The molecule has 1 unspecified atom stereocenters. The zero-order chi connectivity index (χ0) is 16.2. The van der Waals surface area contributed by atoms with Crippen LogP contribution in [-0.4, -0.2) is 15.5 Å². The van der Waals surface area contributed by atoms with Crippen molar-refractivity contribution in [3.63, 3.8) is 0 Å². The third kappa shape index (κ3) is 3.39. The first-order valence-corrected chi connectivity index (χ1v) is 8.62. The number of phenols is 2. The molecule has 23 heavy (non-hydrogen) atoms. The summed E-state index contributed by atoms with van der Waals surface area (Å²) in [5.41, 5.74) is 2.26. The summed E-state index contributed by atoms with van der Waals surface area (Å²) in [6.07, 6.45) is 5.27. The fourth-order valence-electron chi connectivity index (χ4n) is 2.60. The molecule has 0 fully saturated rings. The molecule has 4 nitrogen and oxygen atoms in total. The molecule has 1 aliphatic heterocycles. The molecule has 2 aliphatic rings. The third-order valence-corrected chi connectivity index (χ3v) is 5.01. The normalized spacial score (nSPS) is 17.0. The molecular formula is C18H17O4P. The fraction of sp³-hybridized carbons (Fsp3) is 0.167. The minimum absolute atomic E-state index is 0.0764. The summed E-state index contributed by atoms with van der Waals surface area (Å²) in [7, 11) is -1.64. The van der Waals surface area contributed by atoms with E-state index in [0.717, 1.165) is 41.4 Å². The van der Waals surface area contributed by atoms with Crippen LogP contribution in [0.1, 0.15) is 24.8 Å². The second-order valence-corrected chi connectivity index (χ2v) is 6.53. The van der Waals surface area contributed by atoms with Crippen LogP contribution in [0.4, 0.5) is 0 Å². The van der Waals surface area contributed by atoms with Crippen molar-refractivity contribution in [2.75, 3.05) is 0 Å². The summed E-state index contributed by atoms with van der Waals surface area (Å²) in [5.74, 6) is 0.607. The molecular weight excluding hydrogens is 311 g/mol. The van der Waals surface area contributed by atoms with Gasteiger partial charge in [-0.1, -0.05) is 36.4 Å². The zero-order valence-corrected chi connectivity index (χ0v) is 13.4. The molecule has 0 saturated heterocycles. The van der Waals surface area contributed by atoms with Gasteiger partial charge in [-0.15, -0.1) is 0 Å². The van der Waals surface area contributed by atoms with Gasteiger partial charge in [0.05, 0.1) is 0 Å². The van der Waals surface area contributed by atoms with E-state index in [4.69, 9.17) is 14.7 Å². The van der Waals surface area contributed by atoms with Crippen LogP contribution in [0.5, 0.6) is 17.2 Å². The molecule has 1 heterocycles. The number of aromatic hydroxyl groups is 2. The van der Waals surface area contributed by atoms with Crippen LogP contribution < -0.4 is 9.42 Å². The number of phenolic OH excluding ortho intramolecular Hbond substituents is 2. The summed E-state index contributed by atoms with van der Waals surface area (Å²) in [6, 6.07) is 14.0. The van der Waals surface area contributed by atoms with Gasteiger partial charge in [0, 0.05) is 17.6 Å². The van der Waals surface area contributed by atoms with E-state index in [1.54, 1.807) is 12.1 Å². The number of hydrogen-bond acceptors (Lipinski definition) is 4. The van der Waals surface area contributed by atoms with E-state index in [9.17, 15) is 4.89 Å². The van der Waals surface area contributed by atoms with Gasteiger partial charge in [0.15, 0.2) is 22.5 Å². The summed E-state index contributed by atoms with van der Waals surface area (Å²) in [5, 5.41) is 18.3. The third-order valence-electron chi connectivity index (χ3n) is 3.74. The van der Waals surface area contributed by atoms with Gasteiger partial charge in [-0.2, -0.15) is 0 Å². The van der Waals surface area contributed by atoms with Crippen LogP contribution in [-0.2, 0) is 0 Å². The van der Waals surface area contributed by atoms with E-state index in [2.05, 4.69) is 6.08 Å². The SMILES string of the molecule is Oc1ccccc1O.[O-][P+]1=C2CCCC=C2c2ccccc2O1. The first kappa shape index (κ1) is 15.6. The average Bonchev–Trinajstić information content (AvgIpc) is 2.59. The standard InChI is InChI=1S/C12H11O2P.C6H6O2/c13-15-12-8-4-2-6-10(12)9-5-1-3-7-11(9)14-15;7-5-3-1-2-4-6(5)8/h1,3,5-7H,2,4,8H2;1-4,7-8H. The fourth-order valence-corrected chi connectivity index (χ4v) is 3.80. The smallest absolute Gasteiger partial charge is 0.281 e. The predicted octanol–water partition coefficient (Wildman–Crippen LogP) is 3.59. The summed E-state index contributed by atoms with van der Waals surface area (Å²) < 4.78 is 5.43. The minimum atomic E-state index is -1.64. The van der Waals surface area contributed by atoms with Crippen molar-refractivity contribution in [3.05, 3.63) is 60.2 Å². The number of allylic oxidation sites excluding steroid dienone is 2. The Morgan fingerprint density at radius 3 is 2.30 bits per heavy atom. The molecule has 0 saturated carbocycles. The Hall–Kier alpha value is -2.29. The zero-order valence-electron chi connectivity index (χ0n) is 12.5. The molecule has 118 valence electrons. The van der Waals surface area contributed by atoms with E-state index in [1.165, 1.54) is 12.1 Å². The van der Waals surface area contributed by atoms with Gasteiger partial charge >= 0.3 is 0 Å². The number of fused-ring (bicyclic) bond motifs is 3. The van der Waals surface area contributed by atoms with Crippen LogP contribution in [0.3, 0.4) is 0 Å². The summed E-state index contributed by atoms with van der Waals surface area (Å²) >= 11 is 0. The van der Waals surface area contributed by atoms with E-state index in [0.29, 0.717) is 0 Å². The molecule has 0 radical (unpaired) electrons. The molecule has 0 amide bonds. The molecule has 2 N–H and O–H groups in total. The predicted molar refractivity (Wildman–Crippen MR) is 90.6 cm³/mol. The van der Waals surface area contributed by atoms with Crippen LogP contribution in [0.2, 0.25) is 0 Å². The van der Waals surface area contributed by atoms with E-state index in [1.807, 2.05) is 24.3 Å². The second kappa shape index (κ2) is 6.86. The Labute approximate surface area is 135 Å². The largest absolute Gasteiger partial charge is 0.595 e. The van der Waals surface area contributed by atoms with Gasteiger partial charge < -0.3 is 15.1 Å². The van der Waals surface area contributed by atoms with Gasteiger partial charge in [0.25, 0.3) is 8.00 Å². The molecule has 1 atom stereocenters. The maximum Gasteiger partial charge on any atom is 0.281 e. The molecule has 5 heteroatoms. The van der Waals surface area contributed by atoms with Crippen LogP contribution in [0.25, 0.3) is 5.57 Å². The molecule has 4 rings (SSSR count). The van der Waals surface area contributed by atoms with Crippen molar-refractivity contribution in [3.8, 4) is 17.2 Å². The Bertz CT molecular complexity index is 759. The Balaban J connectivity index is 0.000000166. The van der Waals surface area contributed by atoms with Gasteiger partial charge in [-0.05, 0) is 31.0 Å². The second-order valence-electron chi connectivity index (χ2n) is 5.29. The molecule has 0 spiro atoms. The lowest BCUT2D eigenvalue weighted by Crippen LogP contribution is -2.16. The van der Waals surface area contributed by atoms with E-state index in [-0.39, 0.29) is 11.5 Å².